The Morgan fingerprint density at radius 2 is 1.34 bits per heavy atom. The molecule has 0 saturated heterocycles. The second kappa shape index (κ2) is 25.2. The summed E-state index contributed by atoms with van der Waals surface area (Å²) in [4.78, 5) is 27.9. The van der Waals surface area contributed by atoms with E-state index in [2.05, 4.69) is 94.7 Å². The van der Waals surface area contributed by atoms with Crippen LogP contribution in [0.25, 0.3) is 0 Å². The van der Waals surface area contributed by atoms with Crippen molar-refractivity contribution >= 4 is 11.8 Å². The van der Waals surface area contributed by atoms with Gasteiger partial charge in [0.25, 0.3) is 5.91 Å². The highest BCUT2D eigenvalue weighted by atomic mass is 16.5. The Bertz CT molecular complexity index is 1040. The molecule has 1 aromatic rings. The summed E-state index contributed by atoms with van der Waals surface area (Å²) in [5, 5.41) is 20.4. The van der Waals surface area contributed by atoms with Crippen LogP contribution in [-0.4, -0.2) is 43.0 Å². The lowest BCUT2D eigenvalue weighted by Gasteiger charge is -2.07. The third-order valence-electron chi connectivity index (χ3n) is 5.78. The molecule has 1 heterocycles. The lowest BCUT2D eigenvalue weighted by Crippen LogP contribution is -2.35. The van der Waals surface area contributed by atoms with Gasteiger partial charge in [0.1, 0.15) is 0 Å². The predicted molar refractivity (Wildman–Crippen MR) is 168 cm³/mol. The molecule has 8 heteroatoms. The van der Waals surface area contributed by atoms with Gasteiger partial charge in [-0.2, -0.15) is 4.73 Å². The first-order chi connectivity index (χ1) is 20.0. The average molecular weight is 564 g/mol. The Labute approximate surface area is 246 Å². The number of hydrogen-bond acceptors (Lipinski definition) is 5. The first kappa shape index (κ1) is 35.2. The Morgan fingerprint density at radius 3 is 1.90 bits per heavy atom. The summed E-state index contributed by atoms with van der Waals surface area (Å²) >= 11 is 0. The van der Waals surface area contributed by atoms with E-state index in [1.54, 1.807) is 6.92 Å². The normalized spacial score (nSPS) is 12.2. The van der Waals surface area contributed by atoms with Crippen LogP contribution in [0.1, 0.15) is 80.9 Å². The first-order valence-corrected chi connectivity index (χ1v) is 14.8. The van der Waals surface area contributed by atoms with E-state index < -0.39 is 0 Å². The third-order valence-corrected chi connectivity index (χ3v) is 5.78. The zero-order valence-corrected chi connectivity index (χ0v) is 24.9. The van der Waals surface area contributed by atoms with Crippen molar-refractivity contribution in [2.45, 2.75) is 71.6 Å². The van der Waals surface area contributed by atoms with Crippen molar-refractivity contribution in [2.24, 2.45) is 0 Å². The maximum absolute atomic E-state index is 12.0. The molecule has 1 rings (SSSR count). The molecule has 0 bridgehead atoms. The maximum atomic E-state index is 12.0. The largest absolute Gasteiger partial charge is 0.618 e. The highest BCUT2D eigenvalue weighted by Crippen LogP contribution is 1.98. The summed E-state index contributed by atoms with van der Waals surface area (Å²) in [5.74, 6) is -0.325. The van der Waals surface area contributed by atoms with Gasteiger partial charge in [0.15, 0.2) is 5.69 Å². The number of rotatable bonds is 22. The van der Waals surface area contributed by atoms with Crippen molar-refractivity contribution in [3.05, 3.63) is 102 Å². The van der Waals surface area contributed by atoms with Crippen LogP contribution in [-0.2, 0) is 4.79 Å². The summed E-state index contributed by atoms with van der Waals surface area (Å²) < 4.78 is 0.627. The van der Waals surface area contributed by atoms with Crippen LogP contribution in [0.15, 0.2) is 85.3 Å². The second-order valence-electron chi connectivity index (χ2n) is 9.40. The number of aryl methyl sites for hydroxylation is 1. The first-order valence-electron chi connectivity index (χ1n) is 14.8. The summed E-state index contributed by atoms with van der Waals surface area (Å²) in [6, 6.07) is 0. The highest BCUT2D eigenvalue weighted by Gasteiger charge is 2.11. The zero-order chi connectivity index (χ0) is 29.8. The van der Waals surface area contributed by atoms with E-state index in [-0.39, 0.29) is 17.5 Å². The molecule has 1 aromatic heterocycles. The number of hydrogen-bond donors (Lipinski definition) is 3. The Hall–Kier alpha value is -3.78. The van der Waals surface area contributed by atoms with Crippen molar-refractivity contribution in [3.8, 4) is 0 Å². The van der Waals surface area contributed by atoms with Crippen molar-refractivity contribution < 1.29 is 14.3 Å². The van der Waals surface area contributed by atoms with E-state index in [4.69, 9.17) is 0 Å². The Kier molecular flexibility index (Phi) is 21.7. The van der Waals surface area contributed by atoms with Crippen LogP contribution >= 0.6 is 0 Å². The molecule has 0 saturated carbocycles. The fourth-order valence-corrected chi connectivity index (χ4v) is 3.45. The highest BCUT2D eigenvalue weighted by molar-refractivity contribution is 5.91. The van der Waals surface area contributed by atoms with Crippen LogP contribution in [0.2, 0.25) is 0 Å². The zero-order valence-electron chi connectivity index (χ0n) is 24.9. The third kappa shape index (κ3) is 20.7. The molecule has 0 fully saturated rings. The fraction of sp³-hybridized carbons (Fsp3) is 0.455. The fourth-order valence-electron chi connectivity index (χ4n) is 3.45. The van der Waals surface area contributed by atoms with E-state index in [1.807, 2.05) is 6.08 Å². The molecule has 0 aliphatic carbocycles. The van der Waals surface area contributed by atoms with E-state index in [9.17, 15) is 14.8 Å². The lowest BCUT2D eigenvalue weighted by molar-refractivity contribution is -0.613. The van der Waals surface area contributed by atoms with Gasteiger partial charge in [0.2, 0.25) is 17.8 Å². The van der Waals surface area contributed by atoms with Gasteiger partial charge in [-0.3, -0.25) is 9.59 Å². The van der Waals surface area contributed by atoms with E-state index in [0.29, 0.717) is 43.0 Å². The SMILES string of the molecule is CCC=CCC=CCC=CCC=CCC=CCC=CCCC(=O)NCCNCCCNC(=O)c1c[n+]([O-])c(C)cn1. The second-order valence-corrected chi connectivity index (χ2v) is 9.40. The molecular formula is C33H49N5O3. The van der Waals surface area contributed by atoms with E-state index >= 15 is 0 Å². The van der Waals surface area contributed by atoms with E-state index in [1.165, 1.54) is 12.4 Å². The molecule has 0 spiro atoms. The minimum atomic E-state index is -0.367. The molecule has 0 atom stereocenters. The van der Waals surface area contributed by atoms with Crippen LogP contribution < -0.4 is 20.7 Å². The molecule has 41 heavy (non-hydrogen) atoms. The number of allylic oxidation sites excluding steroid dienone is 12. The van der Waals surface area contributed by atoms with Crippen molar-refractivity contribution in [2.75, 3.05) is 26.2 Å². The molecule has 0 aromatic carbocycles. The maximum Gasteiger partial charge on any atom is 0.276 e. The Morgan fingerprint density at radius 1 is 0.780 bits per heavy atom. The molecule has 0 radical (unpaired) electrons. The number of amides is 2. The van der Waals surface area contributed by atoms with Gasteiger partial charge in [0, 0.05) is 33.0 Å². The van der Waals surface area contributed by atoms with Crippen LogP contribution in [0.5, 0.6) is 0 Å². The number of aromatic nitrogens is 2. The van der Waals surface area contributed by atoms with Gasteiger partial charge < -0.3 is 21.2 Å². The number of carbonyl (C=O) groups is 2. The number of nitrogens with one attached hydrogen (secondary N) is 3. The average Bonchev–Trinajstić information content (AvgIpc) is 2.97. The van der Waals surface area contributed by atoms with Gasteiger partial charge in [-0.1, -0.05) is 79.8 Å². The summed E-state index contributed by atoms with van der Waals surface area (Å²) in [6.45, 7) is 6.17. The molecule has 2 amide bonds. The molecule has 8 nitrogen and oxygen atoms in total. The molecule has 0 aliphatic rings. The van der Waals surface area contributed by atoms with Crippen molar-refractivity contribution in [3.63, 3.8) is 0 Å². The van der Waals surface area contributed by atoms with Crippen LogP contribution in [0.3, 0.4) is 0 Å². The molecule has 224 valence electrons. The minimum Gasteiger partial charge on any atom is -0.618 e. The standard InChI is InChI=1S/C33H49N5O3/c1-3-4-5-6-7-8-9-10-11-12-13-14-15-16-17-18-19-20-21-23-32(39)35-27-26-34-24-22-25-36-33(40)31-29-38(41)30(2)28-37-31/h4-5,7-8,10-11,13-14,16-17,19-20,28-29,34H,3,6,9,12,15,18,21-27H2,1-2H3,(H,35,39)(H,36,40). The van der Waals surface area contributed by atoms with Gasteiger partial charge in [-0.25, -0.2) is 4.98 Å². The molecular weight excluding hydrogens is 514 g/mol. The number of carbonyl (C=O) groups excluding carboxylic acids is 2. The Balaban J connectivity index is 1.93. The van der Waals surface area contributed by atoms with Crippen molar-refractivity contribution in [1.29, 1.82) is 0 Å². The smallest absolute Gasteiger partial charge is 0.276 e. The predicted octanol–water partition coefficient (Wildman–Crippen LogP) is 5.33. The van der Waals surface area contributed by atoms with Gasteiger partial charge >= 0.3 is 0 Å². The minimum absolute atomic E-state index is 0.0415. The molecule has 0 aliphatic heterocycles. The van der Waals surface area contributed by atoms with Crippen LogP contribution in [0.4, 0.5) is 0 Å². The monoisotopic (exact) mass is 563 g/mol. The molecule has 3 N–H and O–H groups in total. The topological polar surface area (TPSA) is 110 Å². The van der Waals surface area contributed by atoms with Gasteiger partial charge in [0.05, 0.1) is 6.20 Å². The lowest BCUT2D eigenvalue weighted by atomic mass is 10.2. The quantitative estimate of drug-likeness (QED) is 0.0765. The summed E-state index contributed by atoms with van der Waals surface area (Å²) in [7, 11) is 0. The van der Waals surface area contributed by atoms with E-state index in [0.717, 1.165) is 51.4 Å². The summed E-state index contributed by atoms with van der Waals surface area (Å²) in [5.41, 5.74) is 0.539. The summed E-state index contributed by atoms with van der Waals surface area (Å²) in [6.07, 6.45) is 36.4. The van der Waals surface area contributed by atoms with Crippen LogP contribution in [0, 0.1) is 12.1 Å². The van der Waals surface area contributed by atoms with Gasteiger partial charge in [-0.05, 0) is 57.9 Å². The van der Waals surface area contributed by atoms with Gasteiger partial charge in [-0.15, -0.1) is 0 Å². The molecule has 0 unspecified atom stereocenters. The number of nitrogens with zero attached hydrogens (tertiary/aromatic N) is 2. The van der Waals surface area contributed by atoms with Crippen molar-refractivity contribution in [1.82, 2.24) is 20.9 Å².